The Morgan fingerprint density at radius 3 is 2.83 bits per heavy atom. The maximum atomic E-state index is 11.5. The molecule has 1 aromatic rings. The molecule has 1 aromatic carbocycles. The molecule has 0 aromatic heterocycles. The van der Waals surface area contributed by atoms with Crippen LogP contribution in [0.3, 0.4) is 0 Å². The second-order valence-electron chi connectivity index (χ2n) is 4.37. The molecule has 0 saturated carbocycles. The molecule has 0 spiro atoms. The van der Waals surface area contributed by atoms with Crippen molar-refractivity contribution in [2.75, 3.05) is 13.2 Å². The number of carbonyl (C=O) groups excluding carboxylic acids is 1. The lowest BCUT2D eigenvalue weighted by Crippen LogP contribution is -2.31. The molecule has 0 bridgehead atoms. The Bertz CT molecular complexity index is 407. The number of halogens is 1. The monoisotopic (exact) mass is 271 g/mol. The first-order valence-corrected chi connectivity index (χ1v) is 6.20. The first-order chi connectivity index (χ1) is 8.54. The molecule has 0 radical (unpaired) electrons. The summed E-state index contributed by atoms with van der Waals surface area (Å²) in [6.07, 6.45) is 0. The maximum Gasteiger partial charge on any atom is 0.257 e. The van der Waals surface area contributed by atoms with E-state index < -0.39 is 0 Å². The number of aliphatic hydroxyl groups is 1. The first kappa shape index (κ1) is 14.8. The average Bonchev–Trinajstić information content (AvgIpc) is 2.34. The van der Waals surface area contributed by atoms with Crippen LogP contribution in [0.4, 0.5) is 0 Å². The second kappa shape index (κ2) is 7.24. The lowest BCUT2D eigenvalue weighted by atomic mass is 10.2. The fourth-order valence-corrected chi connectivity index (χ4v) is 1.60. The summed E-state index contributed by atoms with van der Waals surface area (Å²) in [7, 11) is 0. The van der Waals surface area contributed by atoms with Gasteiger partial charge in [0.15, 0.2) is 6.61 Å². The van der Waals surface area contributed by atoms with Gasteiger partial charge in [0.25, 0.3) is 5.91 Å². The van der Waals surface area contributed by atoms with Crippen LogP contribution in [0.5, 0.6) is 5.75 Å². The van der Waals surface area contributed by atoms with Crippen molar-refractivity contribution >= 4 is 17.5 Å². The van der Waals surface area contributed by atoms with Gasteiger partial charge in [-0.25, -0.2) is 0 Å². The van der Waals surface area contributed by atoms with Crippen LogP contribution < -0.4 is 10.1 Å². The van der Waals surface area contributed by atoms with Gasteiger partial charge in [-0.1, -0.05) is 37.6 Å². The topological polar surface area (TPSA) is 58.6 Å². The van der Waals surface area contributed by atoms with Gasteiger partial charge in [0.2, 0.25) is 0 Å². The zero-order valence-corrected chi connectivity index (χ0v) is 11.3. The molecule has 0 unspecified atom stereocenters. The molecule has 18 heavy (non-hydrogen) atoms. The minimum atomic E-state index is -0.201. The fourth-order valence-electron chi connectivity index (χ4n) is 1.35. The van der Waals surface area contributed by atoms with E-state index in [0.717, 1.165) is 0 Å². The van der Waals surface area contributed by atoms with E-state index in [0.29, 0.717) is 28.8 Å². The summed E-state index contributed by atoms with van der Waals surface area (Å²) in [5.74, 6) is 0.552. The third-order valence-corrected chi connectivity index (χ3v) is 2.57. The molecule has 4 nitrogen and oxygen atoms in total. The molecule has 0 saturated heterocycles. The van der Waals surface area contributed by atoms with E-state index in [1.165, 1.54) is 0 Å². The highest BCUT2D eigenvalue weighted by Gasteiger charge is 2.10. The summed E-state index contributed by atoms with van der Waals surface area (Å²) in [5, 5.41) is 12.3. The summed E-state index contributed by atoms with van der Waals surface area (Å²) in [4.78, 5) is 11.5. The molecule has 1 amide bonds. The number of amides is 1. The van der Waals surface area contributed by atoms with Crippen molar-refractivity contribution in [3.8, 4) is 5.75 Å². The van der Waals surface area contributed by atoms with E-state index in [2.05, 4.69) is 5.32 Å². The van der Waals surface area contributed by atoms with Crippen LogP contribution in [-0.4, -0.2) is 24.2 Å². The van der Waals surface area contributed by atoms with E-state index in [1.54, 1.807) is 18.2 Å². The van der Waals surface area contributed by atoms with Crippen LogP contribution in [0, 0.1) is 5.92 Å². The lowest BCUT2D eigenvalue weighted by Gasteiger charge is -2.12. The van der Waals surface area contributed by atoms with Crippen molar-refractivity contribution in [1.82, 2.24) is 5.32 Å². The quantitative estimate of drug-likeness (QED) is 0.832. The normalized spacial score (nSPS) is 10.5. The highest BCUT2D eigenvalue weighted by molar-refractivity contribution is 6.32. The van der Waals surface area contributed by atoms with Gasteiger partial charge in [-0.05, 0) is 12.0 Å². The van der Waals surface area contributed by atoms with Crippen LogP contribution >= 0.6 is 11.6 Å². The van der Waals surface area contributed by atoms with Gasteiger partial charge >= 0.3 is 0 Å². The summed E-state index contributed by atoms with van der Waals surface area (Å²) in [5.41, 5.74) is 0.569. The van der Waals surface area contributed by atoms with Crippen LogP contribution in [-0.2, 0) is 11.4 Å². The number of benzene rings is 1. The SMILES string of the molecule is CC(C)CNC(=O)COc1c(Cl)cccc1CO. The summed E-state index contributed by atoms with van der Waals surface area (Å²) in [6, 6.07) is 5.08. The summed E-state index contributed by atoms with van der Waals surface area (Å²) >= 11 is 5.95. The highest BCUT2D eigenvalue weighted by Crippen LogP contribution is 2.28. The van der Waals surface area contributed by atoms with Gasteiger partial charge < -0.3 is 15.2 Å². The molecule has 0 atom stereocenters. The van der Waals surface area contributed by atoms with E-state index in [1.807, 2.05) is 13.8 Å². The third kappa shape index (κ3) is 4.55. The zero-order chi connectivity index (χ0) is 13.5. The van der Waals surface area contributed by atoms with Crippen molar-refractivity contribution < 1.29 is 14.6 Å². The van der Waals surface area contributed by atoms with Crippen LogP contribution in [0.2, 0.25) is 5.02 Å². The van der Waals surface area contributed by atoms with E-state index in [-0.39, 0.29) is 19.1 Å². The minimum absolute atomic E-state index is 0.108. The molecule has 0 aliphatic heterocycles. The van der Waals surface area contributed by atoms with Crippen molar-refractivity contribution in [2.24, 2.45) is 5.92 Å². The van der Waals surface area contributed by atoms with E-state index in [4.69, 9.17) is 21.4 Å². The Morgan fingerprint density at radius 1 is 1.50 bits per heavy atom. The predicted octanol–water partition coefficient (Wildman–Crippen LogP) is 1.98. The number of carbonyl (C=O) groups is 1. The predicted molar refractivity (Wildman–Crippen MR) is 70.7 cm³/mol. The summed E-state index contributed by atoms with van der Waals surface area (Å²) in [6.45, 7) is 4.35. The Morgan fingerprint density at radius 2 is 2.22 bits per heavy atom. The van der Waals surface area contributed by atoms with Crippen LogP contribution in [0.15, 0.2) is 18.2 Å². The van der Waals surface area contributed by atoms with Gasteiger partial charge in [-0.2, -0.15) is 0 Å². The van der Waals surface area contributed by atoms with Crippen molar-refractivity contribution in [1.29, 1.82) is 0 Å². The number of aliphatic hydroxyl groups excluding tert-OH is 1. The number of para-hydroxylation sites is 1. The Kier molecular flexibility index (Phi) is 5.95. The molecule has 0 fully saturated rings. The number of ether oxygens (including phenoxy) is 1. The van der Waals surface area contributed by atoms with E-state index in [9.17, 15) is 4.79 Å². The van der Waals surface area contributed by atoms with Gasteiger partial charge in [-0.3, -0.25) is 4.79 Å². The molecule has 1 rings (SSSR count). The van der Waals surface area contributed by atoms with Crippen molar-refractivity contribution in [2.45, 2.75) is 20.5 Å². The second-order valence-corrected chi connectivity index (χ2v) is 4.78. The molecule has 100 valence electrons. The van der Waals surface area contributed by atoms with E-state index >= 15 is 0 Å². The Balaban J connectivity index is 2.55. The third-order valence-electron chi connectivity index (χ3n) is 2.27. The number of hydrogen-bond acceptors (Lipinski definition) is 3. The zero-order valence-electron chi connectivity index (χ0n) is 10.6. The first-order valence-electron chi connectivity index (χ1n) is 5.82. The van der Waals surface area contributed by atoms with Crippen molar-refractivity contribution in [3.63, 3.8) is 0 Å². The summed E-state index contributed by atoms with van der Waals surface area (Å²) < 4.78 is 5.35. The fraction of sp³-hybridized carbons (Fsp3) is 0.462. The molecule has 2 N–H and O–H groups in total. The van der Waals surface area contributed by atoms with Gasteiger partial charge in [0.1, 0.15) is 5.75 Å². The smallest absolute Gasteiger partial charge is 0.257 e. The van der Waals surface area contributed by atoms with Gasteiger partial charge in [-0.15, -0.1) is 0 Å². The number of nitrogens with one attached hydrogen (secondary N) is 1. The minimum Gasteiger partial charge on any atom is -0.482 e. The molecule has 0 aliphatic carbocycles. The van der Waals surface area contributed by atoms with Gasteiger partial charge in [0.05, 0.1) is 11.6 Å². The molecular weight excluding hydrogens is 254 g/mol. The number of rotatable bonds is 6. The average molecular weight is 272 g/mol. The molecular formula is C13H18ClNO3. The Hall–Kier alpha value is -1.26. The lowest BCUT2D eigenvalue weighted by molar-refractivity contribution is -0.123. The highest BCUT2D eigenvalue weighted by atomic mass is 35.5. The maximum absolute atomic E-state index is 11.5. The van der Waals surface area contributed by atoms with Gasteiger partial charge in [0, 0.05) is 12.1 Å². The Labute approximate surface area is 112 Å². The number of hydrogen-bond donors (Lipinski definition) is 2. The molecule has 0 aliphatic rings. The van der Waals surface area contributed by atoms with Crippen molar-refractivity contribution in [3.05, 3.63) is 28.8 Å². The van der Waals surface area contributed by atoms with Crippen LogP contribution in [0.1, 0.15) is 19.4 Å². The molecule has 5 heteroatoms. The largest absolute Gasteiger partial charge is 0.482 e. The van der Waals surface area contributed by atoms with Crippen LogP contribution in [0.25, 0.3) is 0 Å². The standard InChI is InChI=1S/C13H18ClNO3/c1-9(2)6-15-12(17)8-18-13-10(7-16)4-3-5-11(13)14/h3-5,9,16H,6-8H2,1-2H3,(H,15,17). The molecule has 0 heterocycles.